The van der Waals surface area contributed by atoms with E-state index in [-0.39, 0.29) is 40.5 Å². The predicted octanol–water partition coefficient (Wildman–Crippen LogP) is 3.58. The van der Waals surface area contributed by atoms with Gasteiger partial charge in [-0.2, -0.15) is 0 Å². The molecule has 3 atom stereocenters. The number of hydrogen-bond donors (Lipinski definition) is 2. The Bertz CT molecular complexity index is 1440. The third kappa shape index (κ3) is 3.46. The van der Waals surface area contributed by atoms with Gasteiger partial charge in [-0.25, -0.2) is 14.4 Å². The van der Waals surface area contributed by atoms with Crippen LogP contribution < -0.4 is 11.1 Å². The van der Waals surface area contributed by atoms with Gasteiger partial charge in [0.25, 0.3) is 11.8 Å². The fourth-order valence-corrected chi connectivity index (χ4v) is 6.53. The minimum absolute atomic E-state index is 0.137. The Morgan fingerprint density at radius 2 is 2.15 bits per heavy atom. The van der Waals surface area contributed by atoms with Gasteiger partial charge in [0, 0.05) is 24.2 Å². The van der Waals surface area contributed by atoms with Gasteiger partial charge in [0.05, 0.1) is 16.6 Å². The molecule has 0 bridgehead atoms. The van der Waals surface area contributed by atoms with E-state index in [1.54, 1.807) is 16.5 Å². The van der Waals surface area contributed by atoms with Crippen molar-refractivity contribution < 1.29 is 14.0 Å². The highest BCUT2D eigenvalue weighted by atomic mass is 32.1. The van der Waals surface area contributed by atoms with Crippen molar-refractivity contribution in [2.45, 2.75) is 31.8 Å². The number of imidazole rings is 1. The van der Waals surface area contributed by atoms with Crippen LogP contribution in [0.2, 0.25) is 0 Å². The first kappa shape index (κ1) is 21.2. The highest BCUT2D eigenvalue weighted by Crippen LogP contribution is 2.49. The number of fused-ring (bicyclic) bond motifs is 2. The van der Waals surface area contributed by atoms with Crippen LogP contribution in [0.1, 0.15) is 39.5 Å². The number of carbonyl (C=O) groups excluding carboxylic acids is 2. The first-order valence-corrected chi connectivity index (χ1v) is 12.7. The minimum atomic E-state index is -0.387. The molecule has 2 fully saturated rings. The van der Waals surface area contributed by atoms with Gasteiger partial charge in [-0.1, -0.05) is 23.5 Å². The van der Waals surface area contributed by atoms with Gasteiger partial charge in [-0.05, 0) is 43.4 Å². The summed E-state index contributed by atoms with van der Waals surface area (Å²) in [6, 6.07) is 6.07. The number of hydrogen-bond acceptors (Lipinski definition) is 7. The van der Waals surface area contributed by atoms with Crippen molar-refractivity contribution in [2.24, 2.45) is 5.92 Å². The maximum Gasteiger partial charge on any atom is 0.274 e. The number of benzene rings is 1. The molecule has 4 heterocycles. The number of aromatic nitrogens is 3. The summed E-state index contributed by atoms with van der Waals surface area (Å²) < 4.78 is 15.6. The van der Waals surface area contributed by atoms with Crippen molar-refractivity contribution in [1.29, 1.82) is 0 Å². The van der Waals surface area contributed by atoms with E-state index >= 15 is 0 Å². The summed E-state index contributed by atoms with van der Waals surface area (Å²) in [5, 5.41) is 5.15. The molecule has 0 spiro atoms. The van der Waals surface area contributed by atoms with Crippen molar-refractivity contribution in [3.05, 3.63) is 58.7 Å². The molecule has 1 aromatic carbocycles. The number of piperidine rings is 1. The standard InChI is InChI=1S/C23H21FN6O2S2/c1-11-18(29-5-6-33-23(29)27-11)20(31)26-10-15-8-13-9-16(13)30(15)21(32)17-19(34-22(25)28-17)12-3-2-4-14(24)7-12/h2-7,13,15-16H,8-10H2,1H3,(H2,25,28)(H,26,31)/t13-,15+,16+/m1/s1. The summed E-state index contributed by atoms with van der Waals surface area (Å²) in [4.78, 5) is 38.5. The lowest BCUT2D eigenvalue weighted by Crippen LogP contribution is -2.45. The highest BCUT2D eigenvalue weighted by Gasteiger charge is 2.54. The first-order valence-electron chi connectivity index (χ1n) is 11.0. The van der Waals surface area contributed by atoms with Gasteiger partial charge in [-0.15, -0.1) is 11.3 Å². The molecule has 1 aliphatic carbocycles. The third-order valence-electron chi connectivity index (χ3n) is 6.53. The Morgan fingerprint density at radius 3 is 2.97 bits per heavy atom. The van der Waals surface area contributed by atoms with Gasteiger partial charge in [-0.3, -0.25) is 14.0 Å². The van der Waals surface area contributed by atoms with E-state index in [1.807, 2.05) is 23.4 Å². The molecule has 6 rings (SSSR count). The van der Waals surface area contributed by atoms with Crippen LogP contribution in [-0.2, 0) is 0 Å². The van der Waals surface area contributed by atoms with Gasteiger partial charge in [0.1, 0.15) is 17.2 Å². The van der Waals surface area contributed by atoms with Gasteiger partial charge < -0.3 is 16.0 Å². The van der Waals surface area contributed by atoms with E-state index in [1.165, 1.54) is 34.8 Å². The molecule has 1 aliphatic heterocycles. The number of halogens is 1. The lowest BCUT2D eigenvalue weighted by molar-refractivity contribution is 0.0684. The molecule has 174 valence electrons. The lowest BCUT2D eigenvalue weighted by Gasteiger charge is -2.27. The van der Waals surface area contributed by atoms with Crippen LogP contribution in [0.5, 0.6) is 0 Å². The van der Waals surface area contributed by atoms with E-state index in [0.717, 1.165) is 17.8 Å². The topological polar surface area (TPSA) is 106 Å². The average molecular weight is 497 g/mol. The first-order chi connectivity index (χ1) is 16.4. The van der Waals surface area contributed by atoms with Crippen molar-refractivity contribution in [2.75, 3.05) is 12.3 Å². The number of anilines is 1. The van der Waals surface area contributed by atoms with E-state index in [4.69, 9.17) is 5.73 Å². The highest BCUT2D eigenvalue weighted by molar-refractivity contribution is 7.19. The Balaban J connectivity index is 1.24. The Kier molecular flexibility index (Phi) is 4.92. The van der Waals surface area contributed by atoms with E-state index in [0.29, 0.717) is 34.3 Å². The summed E-state index contributed by atoms with van der Waals surface area (Å²) >= 11 is 2.65. The summed E-state index contributed by atoms with van der Waals surface area (Å²) in [5.41, 5.74) is 7.95. The van der Waals surface area contributed by atoms with Crippen molar-refractivity contribution >= 4 is 44.6 Å². The molecule has 0 unspecified atom stereocenters. The molecule has 0 radical (unpaired) electrons. The van der Waals surface area contributed by atoms with Crippen LogP contribution in [0.25, 0.3) is 15.4 Å². The molecule has 34 heavy (non-hydrogen) atoms. The number of rotatable bonds is 5. The van der Waals surface area contributed by atoms with E-state index < -0.39 is 0 Å². The number of aryl methyl sites for hydroxylation is 1. The fraction of sp³-hybridized carbons (Fsp3) is 0.304. The van der Waals surface area contributed by atoms with Crippen molar-refractivity contribution in [3.8, 4) is 10.4 Å². The molecule has 11 heteroatoms. The molecule has 3 N–H and O–H groups in total. The number of thiazole rings is 2. The van der Waals surface area contributed by atoms with Gasteiger partial charge >= 0.3 is 0 Å². The number of nitrogens with zero attached hydrogens (tertiary/aromatic N) is 4. The number of nitrogens with two attached hydrogens (primary N) is 1. The quantitative estimate of drug-likeness (QED) is 0.439. The van der Waals surface area contributed by atoms with Gasteiger partial charge in [0.2, 0.25) is 0 Å². The Hall–Kier alpha value is -3.31. The van der Waals surface area contributed by atoms with Crippen LogP contribution in [0.15, 0.2) is 35.8 Å². The fourth-order valence-electron chi connectivity index (χ4n) is 4.95. The SMILES string of the molecule is Cc1nc2sccn2c1C(=O)NC[C@@H]1C[C@@H]2C[C@@H]2N1C(=O)c1nc(N)sc1-c1cccc(F)c1. The predicted molar refractivity (Wildman–Crippen MR) is 129 cm³/mol. The number of amides is 2. The van der Waals surface area contributed by atoms with E-state index in [2.05, 4.69) is 15.3 Å². The maximum absolute atomic E-state index is 13.8. The normalized spacial score (nSPS) is 21.1. The minimum Gasteiger partial charge on any atom is -0.375 e. The molecule has 1 saturated heterocycles. The van der Waals surface area contributed by atoms with Crippen LogP contribution in [0, 0.1) is 18.7 Å². The summed E-state index contributed by atoms with van der Waals surface area (Å²) in [6.07, 6.45) is 3.60. The smallest absolute Gasteiger partial charge is 0.274 e. The molecule has 2 aliphatic rings. The number of likely N-dealkylation sites (tertiary alicyclic amines) is 1. The second kappa shape index (κ2) is 7.88. The van der Waals surface area contributed by atoms with Crippen LogP contribution in [0.4, 0.5) is 9.52 Å². The third-order valence-corrected chi connectivity index (χ3v) is 8.22. The molecular formula is C23H21FN6O2S2. The second-order valence-electron chi connectivity index (χ2n) is 8.72. The zero-order chi connectivity index (χ0) is 23.6. The molecule has 8 nitrogen and oxygen atoms in total. The van der Waals surface area contributed by atoms with E-state index in [9.17, 15) is 14.0 Å². The van der Waals surface area contributed by atoms with Crippen LogP contribution >= 0.6 is 22.7 Å². The Labute approximate surface area is 202 Å². The summed E-state index contributed by atoms with van der Waals surface area (Å²) in [6.45, 7) is 2.15. The van der Waals surface area contributed by atoms with Crippen molar-refractivity contribution in [1.82, 2.24) is 24.6 Å². The lowest BCUT2D eigenvalue weighted by atomic mass is 10.1. The molecule has 4 aromatic rings. The monoisotopic (exact) mass is 496 g/mol. The number of nitrogen functional groups attached to an aromatic ring is 1. The number of nitrogens with one attached hydrogen (secondary N) is 1. The molecule has 2 amide bonds. The maximum atomic E-state index is 13.8. The molecule has 1 saturated carbocycles. The number of carbonyl (C=O) groups is 2. The molecular weight excluding hydrogens is 475 g/mol. The zero-order valence-corrected chi connectivity index (χ0v) is 19.8. The average Bonchev–Trinajstić information content (AvgIpc) is 3.16. The van der Waals surface area contributed by atoms with Crippen LogP contribution in [0.3, 0.4) is 0 Å². The second-order valence-corrected chi connectivity index (χ2v) is 10.6. The summed E-state index contributed by atoms with van der Waals surface area (Å²) in [5.74, 6) is -0.395. The summed E-state index contributed by atoms with van der Waals surface area (Å²) in [7, 11) is 0. The largest absolute Gasteiger partial charge is 0.375 e. The Morgan fingerprint density at radius 1 is 1.29 bits per heavy atom. The molecule has 3 aromatic heterocycles. The van der Waals surface area contributed by atoms with Gasteiger partial charge in [0.15, 0.2) is 10.1 Å². The van der Waals surface area contributed by atoms with Crippen molar-refractivity contribution in [3.63, 3.8) is 0 Å². The zero-order valence-electron chi connectivity index (χ0n) is 18.2. The van der Waals surface area contributed by atoms with Crippen LogP contribution in [-0.4, -0.2) is 49.7 Å².